The summed E-state index contributed by atoms with van der Waals surface area (Å²) in [5.74, 6) is 0. The van der Waals surface area contributed by atoms with Crippen molar-refractivity contribution in [2.24, 2.45) is 0 Å². The molecule has 0 aliphatic heterocycles. The van der Waals surface area contributed by atoms with Crippen molar-refractivity contribution < 1.29 is 0 Å². The summed E-state index contributed by atoms with van der Waals surface area (Å²) in [4.78, 5) is 14.2. The van der Waals surface area contributed by atoms with E-state index in [1.165, 1.54) is 5.56 Å². The lowest BCUT2D eigenvalue weighted by atomic mass is 10.1. The molecule has 3 rings (SSSR count). The topological polar surface area (TPSA) is 73.0 Å². The molecule has 0 radical (unpaired) electrons. The minimum absolute atomic E-state index is 0.241. The fraction of sp³-hybridized carbons (Fsp3) is 0.333. The first kappa shape index (κ1) is 20.2. The fourth-order valence-electron chi connectivity index (χ4n) is 3.14. The molecule has 0 amide bonds. The van der Waals surface area contributed by atoms with Crippen LogP contribution in [0, 0.1) is 0 Å². The molecule has 148 valence electrons. The smallest absolute Gasteiger partial charge is 0.272 e. The van der Waals surface area contributed by atoms with Crippen molar-refractivity contribution in [3.8, 4) is 0 Å². The quantitative estimate of drug-likeness (QED) is 0.508. The molecule has 0 aliphatic carbocycles. The molecule has 1 aromatic heterocycles. The van der Waals surface area contributed by atoms with Gasteiger partial charge in [0.15, 0.2) is 5.15 Å². The van der Waals surface area contributed by atoms with Gasteiger partial charge in [-0.25, -0.2) is 5.10 Å². The van der Waals surface area contributed by atoms with E-state index in [-0.39, 0.29) is 10.7 Å². The Kier molecular flexibility index (Phi) is 6.90. The van der Waals surface area contributed by atoms with Gasteiger partial charge >= 0.3 is 0 Å². The van der Waals surface area contributed by atoms with Crippen molar-refractivity contribution in [3.05, 3.63) is 63.5 Å². The number of hydrogen-bond acceptors (Lipinski definition) is 5. The standard InChI is InChI=1S/C21H26ClN5O/c1-3-27(4-2)11-10-23-16-7-5-6-15(12-16)14-24-17-8-9-18-19(13-17)20(22)25-26-21(18)28/h5-9,12-13,23-24H,3-4,10-11,14H2,1-2H3,(H,26,28). The third-order valence-corrected chi connectivity index (χ3v) is 5.11. The number of aromatic nitrogens is 2. The number of nitrogens with one attached hydrogen (secondary N) is 3. The first-order chi connectivity index (χ1) is 13.6. The molecule has 6 nitrogen and oxygen atoms in total. The van der Waals surface area contributed by atoms with Gasteiger partial charge in [-0.3, -0.25) is 4.79 Å². The molecule has 0 spiro atoms. The summed E-state index contributed by atoms with van der Waals surface area (Å²) in [5, 5.41) is 14.5. The van der Waals surface area contributed by atoms with E-state index in [0.717, 1.165) is 37.6 Å². The Morgan fingerprint density at radius 1 is 1.04 bits per heavy atom. The summed E-state index contributed by atoms with van der Waals surface area (Å²) in [6.45, 7) is 9.12. The van der Waals surface area contributed by atoms with E-state index in [9.17, 15) is 4.79 Å². The SMILES string of the molecule is CCN(CC)CCNc1cccc(CNc2ccc3c(=O)[nH]nc(Cl)c3c2)c1. The van der Waals surface area contributed by atoms with Crippen molar-refractivity contribution in [2.45, 2.75) is 20.4 Å². The second kappa shape index (κ2) is 9.57. The maximum Gasteiger partial charge on any atom is 0.272 e. The summed E-state index contributed by atoms with van der Waals surface area (Å²) in [6, 6.07) is 13.9. The van der Waals surface area contributed by atoms with Gasteiger partial charge in [-0.15, -0.1) is 0 Å². The van der Waals surface area contributed by atoms with Crippen LogP contribution in [-0.4, -0.2) is 41.3 Å². The number of anilines is 2. The maximum atomic E-state index is 11.8. The highest BCUT2D eigenvalue weighted by Gasteiger charge is 2.06. The van der Waals surface area contributed by atoms with Gasteiger partial charge < -0.3 is 15.5 Å². The third-order valence-electron chi connectivity index (χ3n) is 4.82. The lowest BCUT2D eigenvalue weighted by molar-refractivity contribution is 0.316. The largest absolute Gasteiger partial charge is 0.384 e. The van der Waals surface area contributed by atoms with Crippen molar-refractivity contribution in [2.75, 3.05) is 36.8 Å². The number of rotatable bonds is 9. The van der Waals surface area contributed by atoms with Crippen molar-refractivity contribution in [3.63, 3.8) is 0 Å². The zero-order valence-electron chi connectivity index (χ0n) is 16.3. The van der Waals surface area contributed by atoms with Crippen molar-refractivity contribution in [1.82, 2.24) is 15.1 Å². The Hall–Kier alpha value is -2.57. The van der Waals surface area contributed by atoms with Gasteiger partial charge in [0.2, 0.25) is 0 Å². The van der Waals surface area contributed by atoms with E-state index in [1.807, 2.05) is 12.1 Å². The molecule has 2 aromatic carbocycles. The summed E-state index contributed by atoms with van der Waals surface area (Å²) >= 11 is 6.11. The minimum Gasteiger partial charge on any atom is -0.384 e. The maximum absolute atomic E-state index is 11.8. The van der Waals surface area contributed by atoms with Crippen LogP contribution in [0.25, 0.3) is 10.8 Å². The second-order valence-corrected chi connectivity index (χ2v) is 6.97. The highest BCUT2D eigenvalue weighted by atomic mass is 35.5. The summed E-state index contributed by atoms with van der Waals surface area (Å²) in [6.07, 6.45) is 0. The van der Waals surface area contributed by atoms with Crippen LogP contribution in [0.3, 0.4) is 0 Å². The van der Waals surface area contributed by atoms with Crippen LogP contribution in [-0.2, 0) is 6.54 Å². The Morgan fingerprint density at radius 2 is 1.82 bits per heavy atom. The first-order valence-corrected chi connectivity index (χ1v) is 9.95. The van der Waals surface area contributed by atoms with E-state index in [2.05, 4.69) is 63.8 Å². The summed E-state index contributed by atoms with van der Waals surface area (Å²) in [5.41, 5.74) is 2.93. The van der Waals surface area contributed by atoms with Crippen LogP contribution in [0.5, 0.6) is 0 Å². The van der Waals surface area contributed by atoms with Gasteiger partial charge in [0, 0.05) is 36.4 Å². The molecule has 3 aromatic rings. The average molecular weight is 400 g/mol. The monoisotopic (exact) mass is 399 g/mol. The van der Waals surface area contributed by atoms with Gasteiger partial charge in [-0.1, -0.05) is 37.6 Å². The van der Waals surface area contributed by atoms with E-state index < -0.39 is 0 Å². The number of hydrogen-bond donors (Lipinski definition) is 3. The number of aromatic amines is 1. The second-order valence-electron chi connectivity index (χ2n) is 6.61. The van der Waals surface area contributed by atoms with Crippen LogP contribution in [0.2, 0.25) is 5.15 Å². The molecule has 28 heavy (non-hydrogen) atoms. The minimum atomic E-state index is -0.241. The van der Waals surface area contributed by atoms with Crippen molar-refractivity contribution >= 4 is 33.7 Å². The molecule has 0 saturated heterocycles. The number of nitrogens with zero attached hydrogens (tertiary/aromatic N) is 2. The van der Waals surface area contributed by atoms with Gasteiger partial charge in [-0.2, -0.15) is 5.10 Å². The van der Waals surface area contributed by atoms with Gasteiger partial charge in [0.1, 0.15) is 0 Å². The van der Waals surface area contributed by atoms with Gasteiger partial charge in [-0.05, 0) is 49.0 Å². The molecular formula is C21H26ClN5O. The molecule has 1 heterocycles. The van der Waals surface area contributed by atoms with Gasteiger partial charge in [0.25, 0.3) is 5.56 Å². The first-order valence-electron chi connectivity index (χ1n) is 9.57. The highest BCUT2D eigenvalue weighted by molar-refractivity contribution is 6.34. The number of halogens is 1. The van der Waals surface area contributed by atoms with E-state index in [1.54, 1.807) is 6.07 Å². The summed E-state index contributed by atoms with van der Waals surface area (Å²) < 4.78 is 0. The highest BCUT2D eigenvalue weighted by Crippen LogP contribution is 2.22. The Balaban J connectivity index is 1.62. The third kappa shape index (κ3) is 5.03. The van der Waals surface area contributed by atoms with Crippen LogP contribution in [0.1, 0.15) is 19.4 Å². The number of benzene rings is 2. The molecular weight excluding hydrogens is 374 g/mol. The molecule has 0 unspecified atom stereocenters. The molecule has 0 fully saturated rings. The van der Waals surface area contributed by atoms with Crippen molar-refractivity contribution in [1.29, 1.82) is 0 Å². The number of H-pyrrole nitrogens is 1. The Labute approximate surface area is 169 Å². The van der Waals surface area contributed by atoms with E-state index in [0.29, 0.717) is 17.3 Å². The van der Waals surface area contributed by atoms with E-state index >= 15 is 0 Å². The number of fused-ring (bicyclic) bond motifs is 1. The Bertz CT molecular complexity index is 984. The molecule has 0 bridgehead atoms. The van der Waals surface area contributed by atoms with Crippen LogP contribution < -0.4 is 16.2 Å². The van der Waals surface area contributed by atoms with Crippen LogP contribution in [0.15, 0.2) is 47.3 Å². The van der Waals surface area contributed by atoms with E-state index in [4.69, 9.17) is 11.6 Å². The molecule has 0 atom stereocenters. The van der Waals surface area contributed by atoms with Crippen LogP contribution in [0.4, 0.5) is 11.4 Å². The van der Waals surface area contributed by atoms with Crippen LogP contribution >= 0.6 is 11.6 Å². The fourth-order valence-corrected chi connectivity index (χ4v) is 3.34. The average Bonchev–Trinajstić information content (AvgIpc) is 2.73. The predicted molar refractivity (Wildman–Crippen MR) is 117 cm³/mol. The molecule has 0 saturated carbocycles. The normalized spacial score (nSPS) is 11.1. The zero-order valence-corrected chi connectivity index (χ0v) is 17.0. The lowest BCUT2D eigenvalue weighted by Crippen LogP contribution is -2.28. The Morgan fingerprint density at radius 3 is 2.61 bits per heavy atom. The lowest BCUT2D eigenvalue weighted by Gasteiger charge is -2.18. The molecule has 3 N–H and O–H groups in total. The number of likely N-dealkylation sites (N-methyl/N-ethyl adjacent to an activating group) is 1. The molecule has 7 heteroatoms. The predicted octanol–water partition coefficient (Wildman–Crippen LogP) is 3.94. The molecule has 0 aliphatic rings. The van der Waals surface area contributed by atoms with Gasteiger partial charge in [0.05, 0.1) is 5.39 Å². The zero-order chi connectivity index (χ0) is 19.9. The summed E-state index contributed by atoms with van der Waals surface area (Å²) in [7, 11) is 0.